The summed E-state index contributed by atoms with van der Waals surface area (Å²) in [6, 6.07) is 2.32. The first-order valence-electron chi connectivity index (χ1n) is 5.50. The highest BCUT2D eigenvalue weighted by Gasteiger charge is 2.15. The van der Waals surface area contributed by atoms with Crippen LogP contribution >= 0.6 is 11.3 Å². The van der Waals surface area contributed by atoms with Crippen molar-refractivity contribution in [2.45, 2.75) is 25.4 Å². The molecule has 16 heavy (non-hydrogen) atoms. The second kappa shape index (κ2) is 3.99. The van der Waals surface area contributed by atoms with Gasteiger partial charge in [-0.1, -0.05) is 0 Å². The summed E-state index contributed by atoms with van der Waals surface area (Å²) in [6.07, 6.45) is 4.01. The lowest BCUT2D eigenvalue weighted by Gasteiger charge is -2.11. The summed E-state index contributed by atoms with van der Waals surface area (Å²) in [5.74, 6) is 0. The van der Waals surface area contributed by atoms with E-state index in [-0.39, 0.29) is 5.56 Å². The molecular formula is C11H13N3OS. The summed E-state index contributed by atoms with van der Waals surface area (Å²) < 4.78 is 2.49. The summed E-state index contributed by atoms with van der Waals surface area (Å²) in [5, 5.41) is 5.30. The van der Waals surface area contributed by atoms with Crippen LogP contribution in [-0.4, -0.2) is 22.1 Å². The fourth-order valence-corrected chi connectivity index (χ4v) is 2.95. The number of fused-ring (bicyclic) bond motifs is 1. The van der Waals surface area contributed by atoms with Gasteiger partial charge in [0, 0.05) is 12.6 Å². The smallest absolute Gasteiger partial charge is 0.271 e. The van der Waals surface area contributed by atoms with Gasteiger partial charge < -0.3 is 5.32 Å². The average Bonchev–Trinajstić information content (AvgIpc) is 2.93. The maximum Gasteiger partial charge on any atom is 0.271 e. The van der Waals surface area contributed by atoms with Gasteiger partial charge in [0.15, 0.2) is 0 Å². The molecule has 3 heterocycles. The van der Waals surface area contributed by atoms with E-state index >= 15 is 0 Å². The lowest BCUT2D eigenvalue weighted by Crippen LogP contribution is -2.32. The highest BCUT2D eigenvalue weighted by atomic mass is 32.1. The normalized spacial score (nSPS) is 20.6. The maximum atomic E-state index is 12.1. The quantitative estimate of drug-likeness (QED) is 0.851. The Morgan fingerprint density at radius 1 is 1.62 bits per heavy atom. The molecule has 1 unspecified atom stereocenters. The summed E-state index contributed by atoms with van der Waals surface area (Å²) in [7, 11) is 0. The Bertz CT molecular complexity index is 554. The summed E-state index contributed by atoms with van der Waals surface area (Å²) in [6.45, 7) is 1.80. The zero-order valence-corrected chi connectivity index (χ0v) is 9.67. The predicted molar refractivity (Wildman–Crippen MR) is 64.9 cm³/mol. The minimum absolute atomic E-state index is 0.0914. The molecule has 1 aliphatic heterocycles. The molecule has 1 saturated heterocycles. The van der Waals surface area contributed by atoms with Crippen LogP contribution in [0.15, 0.2) is 22.6 Å². The topological polar surface area (TPSA) is 46.9 Å². The van der Waals surface area contributed by atoms with Gasteiger partial charge in [-0.15, -0.1) is 11.3 Å². The minimum Gasteiger partial charge on any atom is -0.312 e. The molecule has 84 valence electrons. The minimum atomic E-state index is 0.0914. The van der Waals surface area contributed by atoms with Crippen molar-refractivity contribution in [3.8, 4) is 0 Å². The summed E-state index contributed by atoms with van der Waals surface area (Å²) >= 11 is 1.47. The van der Waals surface area contributed by atoms with E-state index in [1.54, 1.807) is 10.9 Å². The van der Waals surface area contributed by atoms with Crippen molar-refractivity contribution in [3.63, 3.8) is 0 Å². The van der Waals surface area contributed by atoms with E-state index in [1.807, 2.05) is 11.4 Å². The Hall–Kier alpha value is -1.20. The molecule has 2 aromatic rings. The fraction of sp³-hybridized carbons (Fsp3) is 0.455. The molecule has 5 heteroatoms. The first-order chi connectivity index (χ1) is 7.84. The number of nitrogens with one attached hydrogen (secondary N) is 1. The summed E-state index contributed by atoms with van der Waals surface area (Å²) in [4.78, 5) is 16.4. The number of hydrogen-bond acceptors (Lipinski definition) is 4. The first-order valence-corrected chi connectivity index (χ1v) is 6.38. The Morgan fingerprint density at radius 3 is 3.38 bits per heavy atom. The molecule has 4 nitrogen and oxygen atoms in total. The van der Waals surface area contributed by atoms with E-state index in [4.69, 9.17) is 0 Å². The number of aromatic nitrogens is 2. The highest BCUT2D eigenvalue weighted by molar-refractivity contribution is 7.17. The largest absolute Gasteiger partial charge is 0.312 e. The molecule has 3 rings (SSSR count). The van der Waals surface area contributed by atoms with Crippen LogP contribution in [0.5, 0.6) is 0 Å². The number of rotatable bonds is 2. The monoisotopic (exact) mass is 235 g/mol. The van der Waals surface area contributed by atoms with Crippen molar-refractivity contribution in [3.05, 3.63) is 28.1 Å². The Labute approximate surface area is 96.9 Å². The van der Waals surface area contributed by atoms with Crippen LogP contribution < -0.4 is 10.9 Å². The van der Waals surface area contributed by atoms with Crippen molar-refractivity contribution < 1.29 is 0 Å². The van der Waals surface area contributed by atoms with Gasteiger partial charge in [-0.3, -0.25) is 9.36 Å². The van der Waals surface area contributed by atoms with Gasteiger partial charge >= 0.3 is 0 Å². The predicted octanol–water partition coefficient (Wildman–Crippen LogP) is 1.21. The molecule has 1 N–H and O–H groups in total. The molecule has 0 bridgehead atoms. The van der Waals surface area contributed by atoms with Crippen molar-refractivity contribution in [2.75, 3.05) is 6.54 Å². The zero-order valence-electron chi connectivity index (χ0n) is 8.85. The number of hydrogen-bond donors (Lipinski definition) is 1. The molecular weight excluding hydrogens is 222 g/mol. The molecule has 1 aliphatic rings. The lowest BCUT2D eigenvalue weighted by molar-refractivity contribution is 0.497. The fourth-order valence-electron chi connectivity index (χ4n) is 2.16. The summed E-state index contributed by atoms with van der Waals surface area (Å²) in [5.41, 5.74) is 0.902. The van der Waals surface area contributed by atoms with E-state index < -0.39 is 0 Å². The van der Waals surface area contributed by atoms with Gasteiger partial charge in [0.2, 0.25) is 0 Å². The van der Waals surface area contributed by atoms with Crippen LogP contribution in [0.4, 0.5) is 0 Å². The second-order valence-corrected chi connectivity index (χ2v) is 5.05. The van der Waals surface area contributed by atoms with Crippen molar-refractivity contribution >= 4 is 21.6 Å². The zero-order chi connectivity index (χ0) is 11.0. The standard InChI is InChI=1S/C11H13N3OS/c15-11-10-9(3-5-16-10)13-7-14(11)6-8-2-1-4-12-8/h3,5,7-8,12H,1-2,4,6H2. The third-order valence-corrected chi connectivity index (χ3v) is 3.91. The van der Waals surface area contributed by atoms with Gasteiger partial charge in [-0.2, -0.15) is 0 Å². The molecule has 0 radical (unpaired) electrons. The Kier molecular flexibility index (Phi) is 2.49. The van der Waals surface area contributed by atoms with E-state index in [2.05, 4.69) is 10.3 Å². The van der Waals surface area contributed by atoms with E-state index in [0.717, 1.165) is 29.7 Å². The molecule has 0 aliphatic carbocycles. The van der Waals surface area contributed by atoms with Crippen LogP contribution in [-0.2, 0) is 6.54 Å². The van der Waals surface area contributed by atoms with Gasteiger partial charge in [0.05, 0.1) is 11.8 Å². The van der Waals surface area contributed by atoms with Gasteiger partial charge in [-0.05, 0) is 30.8 Å². The third-order valence-electron chi connectivity index (χ3n) is 3.02. The maximum absolute atomic E-state index is 12.1. The van der Waals surface area contributed by atoms with E-state index in [0.29, 0.717) is 6.04 Å². The van der Waals surface area contributed by atoms with Gasteiger partial charge in [0.25, 0.3) is 5.56 Å². The molecule has 0 amide bonds. The Morgan fingerprint density at radius 2 is 2.56 bits per heavy atom. The van der Waals surface area contributed by atoms with E-state index in [9.17, 15) is 4.79 Å². The number of thiophene rings is 1. The van der Waals surface area contributed by atoms with Gasteiger partial charge in [0.1, 0.15) is 4.70 Å². The molecule has 0 aromatic carbocycles. The second-order valence-electron chi connectivity index (χ2n) is 4.13. The molecule has 0 saturated carbocycles. The van der Waals surface area contributed by atoms with Gasteiger partial charge in [-0.25, -0.2) is 4.98 Å². The molecule has 1 atom stereocenters. The van der Waals surface area contributed by atoms with Crippen molar-refractivity contribution in [1.82, 2.24) is 14.9 Å². The van der Waals surface area contributed by atoms with E-state index in [1.165, 1.54) is 17.8 Å². The van der Waals surface area contributed by atoms with Crippen LogP contribution in [0.3, 0.4) is 0 Å². The van der Waals surface area contributed by atoms with Crippen LogP contribution in [0.2, 0.25) is 0 Å². The average molecular weight is 235 g/mol. The van der Waals surface area contributed by atoms with Crippen LogP contribution in [0.1, 0.15) is 12.8 Å². The molecule has 2 aromatic heterocycles. The first kappa shape index (κ1) is 9.99. The SMILES string of the molecule is O=c1c2sccc2ncn1CC1CCCN1. The van der Waals surface area contributed by atoms with Crippen molar-refractivity contribution in [2.24, 2.45) is 0 Å². The number of nitrogens with zero attached hydrogens (tertiary/aromatic N) is 2. The van der Waals surface area contributed by atoms with Crippen LogP contribution in [0.25, 0.3) is 10.2 Å². The highest BCUT2D eigenvalue weighted by Crippen LogP contribution is 2.14. The molecule has 0 spiro atoms. The molecule has 1 fully saturated rings. The Balaban J connectivity index is 1.96. The third kappa shape index (κ3) is 1.66. The van der Waals surface area contributed by atoms with Crippen LogP contribution in [0, 0.1) is 0 Å². The lowest BCUT2D eigenvalue weighted by atomic mass is 10.2. The van der Waals surface area contributed by atoms with Crippen molar-refractivity contribution in [1.29, 1.82) is 0 Å².